The fourth-order valence-corrected chi connectivity index (χ4v) is 3.52. The van der Waals surface area contributed by atoms with Gasteiger partial charge in [0, 0.05) is 25.4 Å². The summed E-state index contributed by atoms with van der Waals surface area (Å²) in [5, 5.41) is 0. The summed E-state index contributed by atoms with van der Waals surface area (Å²) in [6.45, 7) is 0. The van der Waals surface area contributed by atoms with E-state index in [0.717, 1.165) is 25.7 Å². The SMILES string of the molecule is COc1ccc(C(=O)N(C)C2CCC(c3ccccc3)CC2)cn1. The van der Waals surface area contributed by atoms with Gasteiger partial charge in [-0.05, 0) is 43.2 Å². The lowest BCUT2D eigenvalue weighted by atomic mass is 9.81. The minimum atomic E-state index is 0.0355. The monoisotopic (exact) mass is 324 g/mol. The number of carbonyl (C=O) groups excluding carboxylic acids is 1. The molecule has 2 aromatic rings. The van der Waals surface area contributed by atoms with E-state index < -0.39 is 0 Å². The highest BCUT2D eigenvalue weighted by Crippen LogP contribution is 2.34. The van der Waals surface area contributed by atoms with E-state index >= 15 is 0 Å². The summed E-state index contributed by atoms with van der Waals surface area (Å²) in [5.41, 5.74) is 2.03. The molecular formula is C20H24N2O2. The number of amides is 1. The van der Waals surface area contributed by atoms with Crippen LogP contribution >= 0.6 is 0 Å². The number of pyridine rings is 1. The fourth-order valence-electron chi connectivity index (χ4n) is 3.52. The Morgan fingerprint density at radius 3 is 2.38 bits per heavy atom. The number of hydrogen-bond donors (Lipinski definition) is 0. The van der Waals surface area contributed by atoms with Gasteiger partial charge in [0.05, 0.1) is 12.7 Å². The highest BCUT2D eigenvalue weighted by Gasteiger charge is 2.27. The van der Waals surface area contributed by atoms with Crippen molar-refractivity contribution < 1.29 is 9.53 Å². The molecule has 1 aliphatic carbocycles. The largest absolute Gasteiger partial charge is 0.481 e. The summed E-state index contributed by atoms with van der Waals surface area (Å²) in [4.78, 5) is 18.6. The van der Waals surface area contributed by atoms with E-state index in [2.05, 4.69) is 35.3 Å². The van der Waals surface area contributed by atoms with Gasteiger partial charge in [-0.3, -0.25) is 4.79 Å². The minimum absolute atomic E-state index is 0.0355. The van der Waals surface area contributed by atoms with Gasteiger partial charge in [0.25, 0.3) is 5.91 Å². The van der Waals surface area contributed by atoms with E-state index in [1.165, 1.54) is 5.56 Å². The molecule has 0 radical (unpaired) electrons. The number of carbonyl (C=O) groups is 1. The molecule has 1 aromatic heterocycles. The zero-order valence-electron chi connectivity index (χ0n) is 14.3. The lowest BCUT2D eigenvalue weighted by Crippen LogP contribution is -2.39. The van der Waals surface area contributed by atoms with Crippen LogP contribution in [0.2, 0.25) is 0 Å². The summed E-state index contributed by atoms with van der Waals surface area (Å²) >= 11 is 0. The van der Waals surface area contributed by atoms with Crippen LogP contribution in [0.1, 0.15) is 47.5 Å². The van der Waals surface area contributed by atoms with Crippen molar-refractivity contribution in [2.45, 2.75) is 37.6 Å². The molecule has 3 rings (SSSR count). The third-order valence-electron chi connectivity index (χ3n) is 5.03. The Kier molecular flexibility index (Phi) is 5.14. The van der Waals surface area contributed by atoms with Crippen LogP contribution in [0, 0.1) is 0 Å². The molecule has 24 heavy (non-hydrogen) atoms. The van der Waals surface area contributed by atoms with Gasteiger partial charge in [0.2, 0.25) is 5.88 Å². The summed E-state index contributed by atoms with van der Waals surface area (Å²) < 4.78 is 5.04. The van der Waals surface area contributed by atoms with Crippen molar-refractivity contribution in [2.75, 3.05) is 14.2 Å². The Hall–Kier alpha value is -2.36. The van der Waals surface area contributed by atoms with Gasteiger partial charge in [0.15, 0.2) is 0 Å². The first-order chi connectivity index (χ1) is 11.7. The van der Waals surface area contributed by atoms with E-state index in [-0.39, 0.29) is 5.91 Å². The lowest BCUT2D eigenvalue weighted by molar-refractivity contribution is 0.0689. The van der Waals surface area contributed by atoms with Gasteiger partial charge >= 0.3 is 0 Å². The van der Waals surface area contributed by atoms with Crippen molar-refractivity contribution >= 4 is 5.91 Å². The minimum Gasteiger partial charge on any atom is -0.481 e. The van der Waals surface area contributed by atoms with Gasteiger partial charge in [-0.2, -0.15) is 0 Å². The first-order valence-electron chi connectivity index (χ1n) is 8.51. The highest BCUT2D eigenvalue weighted by molar-refractivity contribution is 5.94. The molecule has 0 aliphatic heterocycles. The molecule has 0 atom stereocenters. The summed E-state index contributed by atoms with van der Waals surface area (Å²) in [7, 11) is 3.47. The van der Waals surface area contributed by atoms with E-state index in [9.17, 15) is 4.79 Å². The van der Waals surface area contributed by atoms with Crippen molar-refractivity contribution in [1.29, 1.82) is 0 Å². The molecular weight excluding hydrogens is 300 g/mol. The average Bonchev–Trinajstić information content (AvgIpc) is 2.68. The van der Waals surface area contributed by atoms with Crippen molar-refractivity contribution in [3.8, 4) is 5.88 Å². The Morgan fingerprint density at radius 2 is 1.79 bits per heavy atom. The van der Waals surface area contributed by atoms with E-state index in [0.29, 0.717) is 23.4 Å². The van der Waals surface area contributed by atoms with Crippen molar-refractivity contribution in [1.82, 2.24) is 9.88 Å². The second-order valence-electron chi connectivity index (χ2n) is 6.42. The summed E-state index contributed by atoms with van der Waals surface area (Å²) in [6.07, 6.45) is 5.95. The standard InChI is InChI=1S/C20H24N2O2/c1-22(20(23)17-10-13-19(24-2)21-14-17)18-11-8-16(9-12-18)15-6-4-3-5-7-15/h3-7,10,13-14,16,18H,8-9,11-12H2,1-2H3. The van der Waals surface area contributed by atoms with Crippen LogP contribution in [0.25, 0.3) is 0 Å². The van der Waals surface area contributed by atoms with Gasteiger partial charge in [-0.1, -0.05) is 30.3 Å². The van der Waals surface area contributed by atoms with Crippen molar-refractivity contribution in [3.63, 3.8) is 0 Å². The number of rotatable bonds is 4. The molecule has 0 spiro atoms. The maximum absolute atomic E-state index is 12.6. The zero-order chi connectivity index (χ0) is 16.9. The number of hydrogen-bond acceptors (Lipinski definition) is 3. The van der Waals surface area contributed by atoms with Crippen LogP contribution in [0.3, 0.4) is 0 Å². The third-order valence-corrected chi connectivity index (χ3v) is 5.03. The predicted molar refractivity (Wildman–Crippen MR) is 94.3 cm³/mol. The predicted octanol–water partition coefficient (Wildman–Crippen LogP) is 3.89. The fraction of sp³-hybridized carbons (Fsp3) is 0.400. The molecule has 0 bridgehead atoms. The third kappa shape index (κ3) is 3.58. The Labute approximate surface area is 143 Å². The molecule has 1 heterocycles. The Balaban J connectivity index is 1.60. The molecule has 0 unspecified atom stereocenters. The van der Waals surface area contributed by atoms with Crippen LogP contribution < -0.4 is 4.74 Å². The molecule has 1 aliphatic rings. The summed E-state index contributed by atoms with van der Waals surface area (Å²) in [5.74, 6) is 1.18. The number of ether oxygens (including phenoxy) is 1. The molecule has 126 valence electrons. The lowest BCUT2D eigenvalue weighted by Gasteiger charge is -2.35. The maximum Gasteiger partial charge on any atom is 0.255 e. The molecule has 4 nitrogen and oxygen atoms in total. The zero-order valence-corrected chi connectivity index (χ0v) is 14.3. The van der Waals surface area contributed by atoms with E-state index in [1.807, 2.05) is 11.9 Å². The topological polar surface area (TPSA) is 42.4 Å². The Bertz CT molecular complexity index is 662. The van der Waals surface area contributed by atoms with E-state index in [1.54, 1.807) is 25.4 Å². The smallest absolute Gasteiger partial charge is 0.255 e. The first-order valence-corrected chi connectivity index (χ1v) is 8.51. The molecule has 0 N–H and O–H groups in total. The van der Waals surface area contributed by atoms with Crippen LogP contribution in [0.15, 0.2) is 48.7 Å². The molecule has 1 fully saturated rings. The molecule has 1 saturated carbocycles. The van der Waals surface area contributed by atoms with Crippen LogP contribution in [0.4, 0.5) is 0 Å². The molecule has 1 amide bonds. The quantitative estimate of drug-likeness (QED) is 0.857. The molecule has 1 aromatic carbocycles. The second kappa shape index (κ2) is 7.47. The van der Waals surface area contributed by atoms with Crippen LogP contribution in [0.5, 0.6) is 5.88 Å². The molecule has 0 saturated heterocycles. The normalized spacial score (nSPS) is 20.4. The number of nitrogens with zero attached hydrogens (tertiary/aromatic N) is 2. The maximum atomic E-state index is 12.6. The van der Waals surface area contributed by atoms with Gasteiger partial charge < -0.3 is 9.64 Å². The van der Waals surface area contributed by atoms with Crippen molar-refractivity contribution in [3.05, 3.63) is 59.8 Å². The Morgan fingerprint density at radius 1 is 1.08 bits per heavy atom. The summed E-state index contributed by atoms with van der Waals surface area (Å²) in [6, 6.07) is 14.5. The average molecular weight is 324 g/mol. The van der Waals surface area contributed by atoms with E-state index in [4.69, 9.17) is 4.74 Å². The second-order valence-corrected chi connectivity index (χ2v) is 6.42. The van der Waals surface area contributed by atoms with Gasteiger partial charge in [-0.25, -0.2) is 4.98 Å². The number of aromatic nitrogens is 1. The highest BCUT2D eigenvalue weighted by atomic mass is 16.5. The van der Waals surface area contributed by atoms with Crippen LogP contribution in [-0.4, -0.2) is 36.0 Å². The molecule has 4 heteroatoms. The van der Waals surface area contributed by atoms with Gasteiger partial charge in [0.1, 0.15) is 0 Å². The van der Waals surface area contributed by atoms with Crippen molar-refractivity contribution in [2.24, 2.45) is 0 Å². The number of benzene rings is 1. The number of methoxy groups -OCH3 is 1. The van der Waals surface area contributed by atoms with Gasteiger partial charge in [-0.15, -0.1) is 0 Å². The first kappa shape index (κ1) is 16.5. The van der Waals surface area contributed by atoms with Crippen LogP contribution in [-0.2, 0) is 0 Å².